The number of thiazole rings is 1. The van der Waals surface area contributed by atoms with Crippen molar-refractivity contribution in [2.45, 2.75) is 51.6 Å². The van der Waals surface area contributed by atoms with Gasteiger partial charge in [0.25, 0.3) is 0 Å². The summed E-state index contributed by atoms with van der Waals surface area (Å²) in [6.07, 6.45) is 4.46. The van der Waals surface area contributed by atoms with Crippen molar-refractivity contribution < 1.29 is 19.1 Å². The van der Waals surface area contributed by atoms with E-state index in [2.05, 4.69) is 10.3 Å². The number of allylic oxidation sites excluding steroid dienone is 2. The van der Waals surface area contributed by atoms with Crippen molar-refractivity contribution in [2.75, 3.05) is 11.9 Å². The smallest absolute Gasteiger partial charge is 0.413 e. The Morgan fingerprint density at radius 3 is 2.57 bits per heavy atom. The van der Waals surface area contributed by atoms with Gasteiger partial charge in [-0.15, -0.1) is 11.3 Å². The first-order valence-corrected chi connectivity index (χ1v) is 8.43. The maximum absolute atomic E-state index is 12.4. The third kappa shape index (κ3) is 4.10. The van der Waals surface area contributed by atoms with Crippen LogP contribution in [0.25, 0.3) is 0 Å². The van der Waals surface area contributed by atoms with Crippen molar-refractivity contribution in [1.82, 2.24) is 4.98 Å². The third-order valence-corrected chi connectivity index (χ3v) is 4.13. The number of nitrogens with one attached hydrogen (secondary N) is 1. The Bertz CT molecular complexity index is 608. The Morgan fingerprint density at radius 1 is 1.35 bits per heavy atom. The molecule has 0 radical (unpaired) electrons. The van der Waals surface area contributed by atoms with Crippen molar-refractivity contribution >= 4 is 28.5 Å². The minimum absolute atomic E-state index is 0.279. The van der Waals surface area contributed by atoms with Crippen LogP contribution in [0.15, 0.2) is 17.5 Å². The van der Waals surface area contributed by atoms with E-state index in [-0.39, 0.29) is 5.97 Å². The summed E-state index contributed by atoms with van der Waals surface area (Å²) in [5.41, 5.74) is -0.733. The van der Waals surface area contributed by atoms with Crippen LogP contribution in [0.4, 0.5) is 9.93 Å². The van der Waals surface area contributed by atoms with E-state index < -0.39 is 17.1 Å². The van der Waals surface area contributed by atoms with E-state index in [1.165, 1.54) is 11.3 Å². The lowest BCUT2D eigenvalue weighted by atomic mass is 9.82. The zero-order chi connectivity index (χ0) is 17.1. The van der Waals surface area contributed by atoms with E-state index >= 15 is 0 Å². The van der Waals surface area contributed by atoms with Crippen LogP contribution in [0.3, 0.4) is 0 Å². The maximum atomic E-state index is 12.4. The molecule has 0 atom stereocenters. The molecule has 1 amide bonds. The summed E-state index contributed by atoms with van der Waals surface area (Å²) in [7, 11) is 0. The lowest BCUT2D eigenvalue weighted by Gasteiger charge is -2.24. The average molecular weight is 338 g/mol. The van der Waals surface area contributed by atoms with Gasteiger partial charge in [0.1, 0.15) is 11.0 Å². The molecule has 0 bridgehead atoms. The number of hydrogen-bond donors (Lipinski definition) is 1. The second-order valence-corrected chi connectivity index (χ2v) is 7.21. The van der Waals surface area contributed by atoms with Gasteiger partial charge in [-0.2, -0.15) is 0 Å². The fraction of sp³-hybridized carbons (Fsp3) is 0.562. The Labute approximate surface area is 139 Å². The molecule has 0 aliphatic heterocycles. The highest BCUT2D eigenvalue weighted by Crippen LogP contribution is 2.39. The molecule has 2 rings (SSSR count). The molecule has 7 heteroatoms. The van der Waals surface area contributed by atoms with Crippen molar-refractivity contribution in [3.05, 3.63) is 23.2 Å². The predicted molar refractivity (Wildman–Crippen MR) is 88.7 cm³/mol. The normalized spacial score (nSPS) is 16.2. The number of carbonyl (C=O) groups excluding carboxylic acids is 2. The molecule has 0 aromatic carbocycles. The maximum Gasteiger partial charge on any atom is 0.413 e. The molecule has 0 saturated carbocycles. The summed E-state index contributed by atoms with van der Waals surface area (Å²) in [5.74, 6) is -0.279. The number of rotatable bonds is 4. The van der Waals surface area contributed by atoms with Crippen molar-refractivity contribution in [3.63, 3.8) is 0 Å². The van der Waals surface area contributed by atoms with E-state index in [4.69, 9.17) is 9.47 Å². The minimum Gasteiger partial charge on any atom is -0.465 e. The molecule has 23 heavy (non-hydrogen) atoms. The Hall–Kier alpha value is -1.89. The van der Waals surface area contributed by atoms with E-state index in [0.717, 1.165) is 0 Å². The fourth-order valence-corrected chi connectivity index (χ4v) is 3.14. The summed E-state index contributed by atoms with van der Waals surface area (Å²) < 4.78 is 10.4. The highest BCUT2D eigenvalue weighted by molar-refractivity contribution is 7.13. The SMILES string of the molecule is CCOC(=O)C1(c2csc(NC(=O)OC(C)(C)C)n2)CC=CC1. The molecule has 1 aromatic heterocycles. The van der Waals surface area contributed by atoms with Crippen molar-refractivity contribution in [2.24, 2.45) is 0 Å². The van der Waals surface area contributed by atoms with Gasteiger partial charge in [-0.1, -0.05) is 12.2 Å². The third-order valence-electron chi connectivity index (χ3n) is 3.37. The number of aromatic nitrogens is 1. The van der Waals surface area contributed by atoms with Gasteiger partial charge in [0.15, 0.2) is 5.13 Å². The first kappa shape index (κ1) is 17.5. The van der Waals surface area contributed by atoms with Gasteiger partial charge in [0, 0.05) is 5.38 Å². The Morgan fingerprint density at radius 2 is 2.00 bits per heavy atom. The van der Waals surface area contributed by atoms with E-state index in [1.807, 2.05) is 12.2 Å². The van der Waals surface area contributed by atoms with Crippen LogP contribution < -0.4 is 5.32 Å². The first-order chi connectivity index (χ1) is 10.8. The molecule has 0 saturated heterocycles. The molecule has 0 spiro atoms. The van der Waals surface area contributed by atoms with Crippen LogP contribution in [-0.2, 0) is 19.7 Å². The number of anilines is 1. The topological polar surface area (TPSA) is 77.5 Å². The largest absolute Gasteiger partial charge is 0.465 e. The molecule has 1 aromatic rings. The first-order valence-electron chi connectivity index (χ1n) is 7.55. The Kier molecular flexibility index (Phi) is 5.09. The quantitative estimate of drug-likeness (QED) is 0.670. The molecular weight excluding hydrogens is 316 g/mol. The van der Waals surface area contributed by atoms with Gasteiger partial charge in [-0.05, 0) is 40.5 Å². The number of carbonyl (C=O) groups is 2. The Balaban J connectivity index is 2.13. The highest BCUT2D eigenvalue weighted by atomic mass is 32.1. The van der Waals surface area contributed by atoms with Crippen LogP contribution in [0.2, 0.25) is 0 Å². The van der Waals surface area contributed by atoms with E-state index in [1.54, 1.807) is 33.1 Å². The second kappa shape index (κ2) is 6.70. The van der Waals surface area contributed by atoms with Gasteiger partial charge in [0.05, 0.1) is 12.3 Å². The molecule has 1 aliphatic rings. The fourth-order valence-electron chi connectivity index (χ4n) is 2.34. The van der Waals surface area contributed by atoms with Gasteiger partial charge in [-0.3, -0.25) is 10.1 Å². The average Bonchev–Trinajstić information content (AvgIpc) is 3.05. The highest BCUT2D eigenvalue weighted by Gasteiger charge is 2.44. The standard InChI is InChI=1S/C16H22N2O4S/c1-5-21-12(19)16(8-6-7-9-16)11-10-23-13(17-11)18-14(20)22-15(2,3)4/h6-7,10H,5,8-9H2,1-4H3,(H,17,18,20). The summed E-state index contributed by atoms with van der Waals surface area (Å²) in [4.78, 5) is 28.6. The molecule has 1 N–H and O–H groups in total. The van der Waals surface area contributed by atoms with E-state index in [0.29, 0.717) is 30.3 Å². The molecule has 6 nitrogen and oxygen atoms in total. The monoisotopic (exact) mass is 338 g/mol. The number of nitrogens with zero attached hydrogens (tertiary/aromatic N) is 1. The van der Waals surface area contributed by atoms with Crippen LogP contribution in [0.1, 0.15) is 46.2 Å². The molecule has 126 valence electrons. The molecule has 1 aliphatic carbocycles. The summed E-state index contributed by atoms with van der Waals surface area (Å²) in [5, 5.41) is 4.80. The van der Waals surface area contributed by atoms with Gasteiger partial charge in [0.2, 0.25) is 0 Å². The molecule has 0 unspecified atom stereocenters. The molecular formula is C16H22N2O4S. The zero-order valence-electron chi connectivity index (χ0n) is 13.8. The van der Waals surface area contributed by atoms with Crippen molar-refractivity contribution in [1.29, 1.82) is 0 Å². The van der Waals surface area contributed by atoms with Crippen LogP contribution >= 0.6 is 11.3 Å². The minimum atomic E-state index is -0.777. The number of esters is 1. The van der Waals surface area contributed by atoms with Gasteiger partial charge < -0.3 is 9.47 Å². The van der Waals surface area contributed by atoms with Gasteiger partial charge >= 0.3 is 12.1 Å². The van der Waals surface area contributed by atoms with E-state index in [9.17, 15) is 9.59 Å². The molecule has 0 fully saturated rings. The lowest BCUT2D eigenvalue weighted by molar-refractivity contribution is -0.149. The van der Waals surface area contributed by atoms with Crippen molar-refractivity contribution in [3.8, 4) is 0 Å². The number of hydrogen-bond acceptors (Lipinski definition) is 6. The van der Waals surface area contributed by atoms with Gasteiger partial charge in [-0.25, -0.2) is 9.78 Å². The second-order valence-electron chi connectivity index (χ2n) is 6.35. The summed E-state index contributed by atoms with van der Waals surface area (Å²) >= 11 is 1.27. The molecule has 1 heterocycles. The zero-order valence-corrected chi connectivity index (χ0v) is 14.7. The summed E-state index contributed by atoms with van der Waals surface area (Å²) in [6.45, 7) is 7.48. The summed E-state index contributed by atoms with van der Waals surface area (Å²) in [6, 6.07) is 0. The number of ether oxygens (including phenoxy) is 2. The van der Waals surface area contributed by atoms with Crippen LogP contribution in [0.5, 0.6) is 0 Å². The van der Waals surface area contributed by atoms with Crippen LogP contribution in [-0.4, -0.2) is 29.3 Å². The lowest BCUT2D eigenvalue weighted by Crippen LogP contribution is -2.35. The number of amides is 1. The predicted octanol–water partition coefficient (Wildman–Crippen LogP) is 3.64. The van der Waals surface area contributed by atoms with Crippen LogP contribution in [0, 0.1) is 0 Å².